The second-order valence-corrected chi connectivity index (χ2v) is 7.08. The number of H-pyrrole nitrogens is 1. The number of fused-ring (bicyclic) bond motifs is 1. The minimum atomic E-state index is -0.195. The fraction of sp³-hybridized carbons (Fsp3) is 0.300. The summed E-state index contributed by atoms with van der Waals surface area (Å²) in [6.07, 6.45) is 3.71. The van der Waals surface area contributed by atoms with Gasteiger partial charge >= 0.3 is 0 Å². The Bertz CT molecular complexity index is 1070. The molecule has 4 rings (SSSR count). The SMILES string of the molecule is CC(C)c1nccn1Cc1cc(C(=O)N(C)Cc2nc3ccccc3o2)n[nH]1. The topological polar surface area (TPSA) is 92.8 Å². The normalized spacial score (nSPS) is 11.4. The number of benzene rings is 1. The Kier molecular flexibility index (Phi) is 4.68. The van der Waals surface area contributed by atoms with Gasteiger partial charge in [-0.25, -0.2) is 9.97 Å². The average molecular weight is 378 g/mol. The van der Waals surface area contributed by atoms with E-state index >= 15 is 0 Å². The highest BCUT2D eigenvalue weighted by molar-refractivity contribution is 5.92. The second kappa shape index (κ2) is 7.30. The van der Waals surface area contributed by atoms with Crippen molar-refractivity contribution in [3.63, 3.8) is 0 Å². The number of oxazole rings is 1. The number of amides is 1. The Balaban J connectivity index is 1.45. The molecule has 3 aromatic heterocycles. The van der Waals surface area contributed by atoms with Gasteiger partial charge in [-0.3, -0.25) is 9.89 Å². The van der Waals surface area contributed by atoms with Crippen LogP contribution >= 0.6 is 0 Å². The molecule has 0 aliphatic carbocycles. The molecule has 0 radical (unpaired) electrons. The van der Waals surface area contributed by atoms with Crippen LogP contribution in [0.3, 0.4) is 0 Å². The van der Waals surface area contributed by atoms with Crippen LogP contribution in [0.15, 0.2) is 47.1 Å². The van der Waals surface area contributed by atoms with Crippen LogP contribution in [0.1, 0.15) is 47.7 Å². The van der Waals surface area contributed by atoms with Gasteiger partial charge in [0.2, 0.25) is 5.89 Å². The number of carbonyl (C=O) groups excluding carboxylic acids is 1. The molecule has 28 heavy (non-hydrogen) atoms. The van der Waals surface area contributed by atoms with Crippen molar-refractivity contribution in [3.8, 4) is 0 Å². The number of hydrogen-bond acceptors (Lipinski definition) is 5. The summed E-state index contributed by atoms with van der Waals surface area (Å²) >= 11 is 0. The standard InChI is InChI=1S/C20H22N6O2/c1-13(2)19-21-8-9-26(19)11-14-10-16(24-23-14)20(27)25(3)12-18-22-15-6-4-5-7-17(15)28-18/h4-10,13H,11-12H2,1-3H3,(H,23,24). The summed E-state index contributed by atoms with van der Waals surface area (Å²) < 4.78 is 7.74. The van der Waals surface area contributed by atoms with Crippen LogP contribution in [0.5, 0.6) is 0 Å². The van der Waals surface area contributed by atoms with Crippen molar-refractivity contribution in [2.75, 3.05) is 7.05 Å². The molecule has 3 heterocycles. The van der Waals surface area contributed by atoms with E-state index in [1.54, 1.807) is 24.2 Å². The first-order valence-corrected chi connectivity index (χ1v) is 9.16. The lowest BCUT2D eigenvalue weighted by molar-refractivity contribution is 0.0768. The Morgan fingerprint density at radius 2 is 2.14 bits per heavy atom. The summed E-state index contributed by atoms with van der Waals surface area (Å²) in [5.74, 6) is 1.62. The number of nitrogens with zero attached hydrogens (tertiary/aromatic N) is 5. The molecule has 0 aliphatic heterocycles. The summed E-state index contributed by atoms with van der Waals surface area (Å²) in [6.45, 7) is 5.06. The monoisotopic (exact) mass is 378 g/mol. The molecule has 0 unspecified atom stereocenters. The van der Waals surface area contributed by atoms with E-state index in [9.17, 15) is 4.79 Å². The number of aromatic nitrogens is 5. The third kappa shape index (κ3) is 3.53. The molecule has 4 aromatic rings. The van der Waals surface area contributed by atoms with Crippen molar-refractivity contribution in [1.29, 1.82) is 0 Å². The summed E-state index contributed by atoms with van der Waals surface area (Å²) in [7, 11) is 1.71. The van der Waals surface area contributed by atoms with Crippen LogP contribution in [0.2, 0.25) is 0 Å². The van der Waals surface area contributed by atoms with Gasteiger partial charge in [-0.2, -0.15) is 5.10 Å². The molecule has 0 atom stereocenters. The fourth-order valence-corrected chi connectivity index (χ4v) is 3.15. The van der Waals surface area contributed by atoms with E-state index in [0.29, 0.717) is 29.6 Å². The summed E-state index contributed by atoms with van der Waals surface area (Å²) in [6, 6.07) is 9.30. The lowest BCUT2D eigenvalue weighted by Crippen LogP contribution is -2.26. The van der Waals surface area contributed by atoms with Crippen molar-refractivity contribution in [2.45, 2.75) is 32.9 Å². The van der Waals surface area contributed by atoms with Crippen LogP contribution in [0.4, 0.5) is 0 Å². The predicted octanol–water partition coefficient (Wildman–Crippen LogP) is 3.19. The molecule has 0 fully saturated rings. The Labute approximate surface area is 162 Å². The Morgan fingerprint density at radius 3 is 2.93 bits per heavy atom. The van der Waals surface area contributed by atoms with Gasteiger partial charge in [-0.1, -0.05) is 26.0 Å². The first-order valence-electron chi connectivity index (χ1n) is 9.16. The molecule has 0 saturated heterocycles. The first-order chi connectivity index (χ1) is 13.5. The van der Waals surface area contributed by atoms with Crippen molar-refractivity contribution in [1.82, 2.24) is 29.6 Å². The average Bonchev–Trinajstić information content (AvgIpc) is 3.40. The highest BCUT2D eigenvalue weighted by atomic mass is 16.3. The number of para-hydroxylation sites is 2. The van der Waals surface area contributed by atoms with E-state index in [1.165, 1.54) is 0 Å². The van der Waals surface area contributed by atoms with E-state index in [1.807, 2.05) is 30.5 Å². The molecular weight excluding hydrogens is 356 g/mol. The summed E-state index contributed by atoms with van der Waals surface area (Å²) in [5, 5.41) is 7.12. The first kappa shape index (κ1) is 18.0. The minimum Gasteiger partial charge on any atom is -0.439 e. The zero-order valence-corrected chi connectivity index (χ0v) is 16.1. The summed E-state index contributed by atoms with van der Waals surface area (Å²) in [4.78, 5) is 23.0. The number of aromatic amines is 1. The molecule has 0 saturated carbocycles. The van der Waals surface area contributed by atoms with E-state index in [0.717, 1.165) is 17.0 Å². The molecule has 1 N–H and O–H groups in total. The molecule has 0 spiro atoms. The quantitative estimate of drug-likeness (QED) is 0.556. The third-order valence-electron chi connectivity index (χ3n) is 4.51. The maximum atomic E-state index is 12.7. The molecule has 8 heteroatoms. The molecule has 0 aliphatic rings. The number of rotatable bonds is 6. The Hall–Kier alpha value is -3.42. The number of carbonyl (C=O) groups is 1. The van der Waals surface area contributed by atoms with E-state index in [-0.39, 0.29) is 12.5 Å². The highest BCUT2D eigenvalue weighted by Crippen LogP contribution is 2.17. The van der Waals surface area contributed by atoms with Crippen molar-refractivity contribution < 1.29 is 9.21 Å². The van der Waals surface area contributed by atoms with Gasteiger partial charge in [0.1, 0.15) is 17.0 Å². The van der Waals surface area contributed by atoms with Crippen molar-refractivity contribution in [3.05, 3.63) is 65.8 Å². The van der Waals surface area contributed by atoms with Crippen LogP contribution in [0.25, 0.3) is 11.1 Å². The molecule has 1 aromatic carbocycles. The second-order valence-electron chi connectivity index (χ2n) is 7.08. The van der Waals surface area contributed by atoms with Crippen LogP contribution in [0, 0.1) is 0 Å². The van der Waals surface area contributed by atoms with Gasteiger partial charge in [-0.15, -0.1) is 0 Å². The lowest BCUT2D eigenvalue weighted by Gasteiger charge is -2.13. The van der Waals surface area contributed by atoms with Gasteiger partial charge in [0.25, 0.3) is 5.91 Å². The minimum absolute atomic E-state index is 0.195. The zero-order valence-electron chi connectivity index (χ0n) is 16.1. The van der Waals surface area contributed by atoms with Crippen molar-refractivity contribution in [2.24, 2.45) is 0 Å². The number of nitrogens with one attached hydrogen (secondary N) is 1. The summed E-state index contributed by atoms with van der Waals surface area (Å²) in [5.41, 5.74) is 2.70. The van der Waals surface area contributed by atoms with Gasteiger partial charge in [0, 0.05) is 25.4 Å². The van der Waals surface area contributed by atoms with Gasteiger partial charge < -0.3 is 13.9 Å². The van der Waals surface area contributed by atoms with Crippen LogP contribution in [-0.2, 0) is 13.1 Å². The van der Waals surface area contributed by atoms with Crippen molar-refractivity contribution >= 4 is 17.0 Å². The largest absolute Gasteiger partial charge is 0.439 e. The molecule has 1 amide bonds. The molecule has 0 bridgehead atoms. The highest BCUT2D eigenvalue weighted by Gasteiger charge is 2.18. The fourth-order valence-electron chi connectivity index (χ4n) is 3.15. The maximum absolute atomic E-state index is 12.7. The van der Waals surface area contributed by atoms with Gasteiger partial charge in [-0.05, 0) is 18.2 Å². The van der Waals surface area contributed by atoms with E-state index < -0.39 is 0 Å². The maximum Gasteiger partial charge on any atom is 0.274 e. The zero-order chi connectivity index (χ0) is 19.7. The molecule has 8 nitrogen and oxygen atoms in total. The van der Waals surface area contributed by atoms with Crippen LogP contribution < -0.4 is 0 Å². The number of hydrogen-bond donors (Lipinski definition) is 1. The van der Waals surface area contributed by atoms with Gasteiger partial charge in [0.05, 0.1) is 18.8 Å². The third-order valence-corrected chi connectivity index (χ3v) is 4.51. The Morgan fingerprint density at radius 1 is 1.32 bits per heavy atom. The molecular formula is C20H22N6O2. The predicted molar refractivity (Wildman–Crippen MR) is 104 cm³/mol. The van der Waals surface area contributed by atoms with Gasteiger partial charge in [0.15, 0.2) is 5.58 Å². The molecule has 144 valence electrons. The smallest absolute Gasteiger partial charge is 0.274 e. The lowest BCUT2D eigenvalue weighted by atomic mass is 10.2. The van der Waals surface area contributed by atoms with Crippen LogP contribution in [-0.4, -0.2) is 42.6 Å². The van der Waals surface area contributed by atoms with E-state index in [2.05, 4.69) is 38.6 Å². The number of imidazole rings is 1. The van der Waals surface area contributed by atoms with E-state index in [4.69, 9.17) is 4.42 Å².